The van der Waals surface area contributed by atoms with Crippen molar-refractivity contribution in [3.05, 3.63) is 29.7 Å². The number of hydrogen-bond acceptors (Lipinski definition) is 5. The number of likely N-dealkylation sites (N-methyl/N-ethyl adjacent to an activating group) is 1. The molecule has 0 radical (unpaired) electrons. The van der Waals surface area contributed by atoms with Crippen LogP contribution in [0.1, 0.15) is 20.8 Å². The van der Waals surface area contributed by atoms with Crippen LogP contribution in [-0.2, 0) is 14.8 Å². The molecule has 0 unspecified atom stereocenters. The Labute approximate surface area is 135 Å². The number of hydrogen-bond donors (Lipinski definition) is 2. The second-order valence-corrected chi connectivity index (χ2v) is 7.97. The number of aliphatic hydroxyl groups excluding tert-OH is 1. The molecule has 8 heteroatoms. The molecule has 0 aliphatic rings. The van der Waals surface area contributed by atoms with Crippen LogP contribution >= 0.6 is 11.3 Å². The van der Waals surface area contributed by atoms with E-state index in [9.17, 15) is 18.3 Å². The molecular formula is C14H22N2O4S2. The highest BCUT2D eigenvalue weighted by Crippen LogP contribution is 2.17. The maximum absolute atomic E-state index is 12.5. The van der Waals surface area contributed by atoms with E-state index in [0.29, 0.717) is 13.1 Å². The van der Waals surface area contributed by atoms with Crippen molar-refractivity contribution in [1.82, 2.24) is 9.62 Å². The Kier molecular flexibility index (Phi) is 6.73. The SMILES string of the molecule is C=C(C)CN(CC)C(=O)[C@H](NS(=O)(=O)c1cccs1)[C@H](C)O. The van der Waals surface area contributed by atoms with Gasteiger partial charge in [-0.3, -0.25) is 4.79 Å². The highest BCUT2D eigenvalue weighted by Gasteiger charge is 2.32. The largest absolute Gasteiger partial charge is 0.391 e. The summed E-state index contributed by atoms with van der Waals surface area (Å²) in [5.41, 5.74) is 0.778. The molecule has 22 heavy (non-hydrogen) atoms. The van der Waals surface area contributed by atoms with Crippen molar-refractivity contribution in [3.8, 4) is 0 Å². The molecule has 1 amide bonds. The maximum atomic E-state index is 12.5. The molecule has 0 aliphatic carbocycles. The predicted octanol–water partition coefficient (Wildman–Crippen LogP) is 1.20. The van der Waals surface area contributed by atoms with Crippen molar-refractivity contribution in [3.63, 3.8) is 0 Å². The third kappa shape index (κ3) is 4.91. The molecular weight excluding hydrogens is 324 g/mol. The first kappa shape index (κ1) is 18.8. The summed E-state index contributed by atoms with van der Waals surface area (Å²) in [6.07, 6.45) is -1.15. The van der Waals surface area contributed by atoms with Gasteiger partial charge in [-0.2, -0.15) is 4.72 Å². The van der Waals surface area contributed by atoms with E-state index in [4.69, 9.17) is 0 Å². The van der Waals surface area contributed by atoms with Crippen molar-refractivity contribution >= 4 is 27.3 Å². The van der Waals surface area contributed by atoms with Gasteiger partial charge in [0.05, 0.1) is 6.10 Å². The minimum Gasteiger partial charge on any atom is -0.391 e. The topological polar surface area (TPSA) is 86.7 Å². The van der Waals surface area contributed by atoms with Gasteiger partial charge in [0.1, 0.15) is 10.3 Å². The van der Waals surface area contributed by atoms with Gasteiger partial charge in [-0.15, -0.1) is 11.3 Å². The Bertz CT molecular complexity index is 609. The standard InChI is InChI=1S/C14H22N2O4S2/c1-5-16(9-10(2)3)14(18)13(11(4)17)15-22(19,20)12-7-6-8-21-12/h6-8,11,13,15,17H,2,5,9H2,1,3-4H3/t11-,13+/m0/s1. The second kappa shape index (κ2) is 7.87. The second-order valence-electron chi connectivity index (χ2n) is 5.08. The van der Waals surface area contributed by atoms with Gasteiger partial charge < -0.3 is 10.0 Å². The first-order chi connectivity index (χ1) is 10.2. The summed E-state index contributed by atoms with van der Waals surface area (Å²) < 4.78 is 26.9. The fourth-order valence-corrected chi connectivity index (χ4v) is 4.14. The number of nitrogens with zero attached hydrogens (tertiary/aromatic N) is 1. The zero-order valence-electron chi connectivity index (χ0n) is 12.9. The first-order valence-electron chi connectivity index (χ1n) is 6.86. The van der Waals surface area contributed by atoms with Gasteiger partial charge >= 0.3 is 0 Å². The Balaban J connectivity index is 2.99. The monoisotopic (exact) mass is 346 g/mol. The predicted molar refractivity (Wildman–Crippen MR) is 87.2 cm³/mol. The zero-order chi connectivity index (χ0) is 16.9. The van der Waals surface area contributed by atoms with Gasteiger partial charge in [-0.25, -0.2) is 8.42 Å². The van der Waals surface area contributed by atoms with E-state index in [2.05, 4.69) is 11.3 Å². The number of nitrogens with one attached hydrogen (secondary N) is 1. The lowest BCUT2D eigenvalue weighted by molar-refractivity contribution is -0.134. The van der Waals surface area contributed by atoms with Gasteiger partial charge in [0.15, 0.2) is 0 Å². The summed E-state index contributed by atoms with van der Waals surface area (Å²) in [6, 6.07) is 1.83. The van der Waals surface area contributed by atoms with Gasteiger partial charge in [-0.1, -0.05) is 18.2 Å². The summed E-state index contributed by atoms with van der Waals surface area (Å²) in [6.45, 7) is 9.42. The minimum absolute atomic E-state index is 0.105. The number of carbonyl (C=O) groups excluding carboxylic acids is 1. The van der Waals surface area contributed by atoms with Gasteiger partial charge in [0.2, 0.25) is 5.91 Å². The third-order valence-electron chi connectivity index (χ3n) is 2.94. The highest BCUT2D eigenvalue weighted by atomic mass is 32.2. The molecule has 1 heterocycles. The van der Waals surface area contributed by atoms with Gasteiger partial charge in [0, 0.05) is 13.1 Å². The van der Waals surface area contributed by atoms with Crippen LogP contribution in [0.2, 0.25) is 0 Å². The van der Waals surface area contributed by atoms with Crippen molar-refractivity contribution in [2.24, 2.45) is 0 Å². The smallest absolute Gasteiger partial charge is 0.250 e. The maximum Gasteiger partial charge on any atom is 0.250 e. The van der Waals surface area contributed by atoms with Crippen LogP contribution in [0.25, 0.3) is 0 Å². The lowest BCUT2D eigenvalue weighted by atomic mass is 10.1. The van der Waals surface area contributed by atoms with E-state index in [1.165, 1.54) is 17.9 Å². The number of sulfonamides is 1. The molecule has 0 bridgehead atoms. The lowest BCUT2D eigenvalue weighted by Gasteiger charge is -2.28. The molecule has 0 aliphatic heterocycles. The molecule has 0 saturated heterocycles. The normalized spacial score (nSPS) is 14.4. The van der Waals surface area contributed by atoms with Crippen LogP contribution < -0.4 is 4.72 Å². The molecule has 0 fully saturated rings. The van der Waals surface area contributed by atoms with Gasteiger partial charge in [0.25, 0.3) is 10.0 Å². The zero-order valence-corrected chi connectivity index (χ0v) is 14.6. The summed E-state index contributed by atoms with van der Waals surface area (Å²) in [7, 11) is -3.84. The first-order valence-corrected chi connectivity index (χ1v) is 9.22. The van der Waals surface area contributed by atoms with Gasteiger partial charge in [-0.05, 0) is 32.2 Å². The molecule has 2 N–H and O–H groups in total. The molecule has 1 aromatic rings. The van der Waals surface area contributed by atoms with Crippen molar-refractivity contribution in [2.45, 2.75) is 37.1 Å². The van der Waals surface area contributed by atoms with E-state index in [0.717, 1.165) is 16.9 Å². The van der Waals surface area contributed by atoms with Crippen LogP contribution in [-0.4, -0.2) is 49.6 Å². The molecule has 2 atom stereocenters. The Morgan fingerprint density at radius 3 is 2.59 bits per heavy atom. The number of rotatable bonds is 8. The lowest BCUT2D eigenvalue weighted by Crippen LogP contribution is -2.53. The quantitative estimate of drug-likeness (QED) is 0.693. The van der Waals surface area contributed by atoms with E-state index < -0.39 is 28.1 Å². The van der Waals surface area contributed by atoms with Crippen molar-refractivity contribution in [2.75, 3.05) is 13.1 Å². The van der Waals surface area contributed by atoms with Crippen LogP contribution in [0.15, 0.2) is 33.9 Å². The summed E-state index contributed by atoms with van der Waals surface area (Å²) >= 11 is 1.05. The number of amides is 1. The number of thiophene rings is 1. The molecule has 1 rings (SSSR count). The van der Waals surface area contributed by atoms with Crippen LogP contribution in [0.5, 0.6) is 0 Å². The van der Waals surface area contributed by atoms with Crippen LogP contribution in [0.4, 0.5) is 0 Å². The van der Waals surface area contributed by atoms with Crippen molar-refractivity contribution in [1.29, 1.82) is 0 Å². The average Bonchev–Trinajstić information content (AvgIpc) is 2.95. The average molecular weight is 346 g/mol. The molecule has 0 aromatic carbocycles. The molecule has 124 valence electrons. The molecule has 6 nitrogen and oxygen atoms in total. The Morgan fingerprint density at radius 1 is 1.55 bits per heavy atom. The number of aliphatic hydroxyl groups is 1. The number of carbonyl (C=O) groups is 1. The minimum atomic E-state index is -3.84. The van der Waals surface area contributed by atoms with E-state index in [-0.39, 0.29) is 4.21 Å². The summed E-state index contributed by atoms with van der Waals surface area (Å²) in [5, 5.41) is 11.5. The Hall–Kier alpha value is -1.22. The van der Waals surface area contributed by atoms with E-state index in [1.54, 1.807) is 25.3 Å². The van der Waals surface area contributed by atoms with Crippen LogP contribution in [0, 0.1) is 0 Å². The van der Waals surface area contributed by atoms with Crippen molar-refractivity contribution < 1.29 is 18.3 Å². The fraction of sp³-hybridized carbons (Fsp3) is 0.500. The van der Waals surface area contributed by atoms with E-state index >= 15 is 0 Å². The molecule has 0 saturated carbocycles. The molecule has 0 spiro atoms. The third-order valence-corrected chi connectivity index (χ3v) is 5.78. The Morgan fingerprint density at radius 2 is 2.18 bits per heavy atom. The fourth-order valence-electron chi connectivity index (χ4n) is 1.86. The van der Waals surface area contributed by atoms with E-state index in [1.807, 2.05) is 0 Å². The highest BCUT2D eigenvalue weighted by molar-refractivity contribution is 7.91. The molecule has 1 aromatic heterocycles. The summed E-state index contributed by atoms with van der Waals surface area (Å²) in [5.74, 6) is -0.472. The summed E-state index contributed by atoms with van der Waals surface area (Å²) in [4.78, 5) is 14.0. The van der Waals surface area contributed by atoms with Crippen LogP contribution in [0.3, 0.4) is 0 Å².